The molecule has 0 radical (unpaired) electrons. The first-order valence-electron chi connectivity index (χ1n) is 11.4. The van der Waals surface area contributed by atoms with E-state index in [1.54, 1.807) is 6.26 Å². The van der Waals surface area contributed by atoms with Crippen molar-refractivity contribution in [2.75, 3.05) is 16.9 Å². The van der Waals surface area contributed by atoms with E-state index in [-0.39, 0.29) is 0 Å². The van der Waals surface area contributed by atoms with Crippen LogP contribution >= 0.6 is 0 Å². The van der Waals surface area contributed by atoms with Gasteiger partial charge in [-0.2, -0.15) is 5.10 Å². The molecule has 0 amide bonds. The lowest BCUT2D eigenvalue weighted by atomic mass is 10.1. The third kappa shape index (κ3) is 4.69. The van der Waals surface area contributed by atoms with Gasteiger partial charge in [-0.1, -0.05) is 6.07 Å². The molecule has 0 aliphatic rings. The lowest BCUT2D eigenvalue weighted by Crippen LogP contribution is -2.03. The third-order valence-corrected chi connectivity index (χ3v) is 6.73. The maximum atomic E-state index is 12.7. The third-order valence-electron chi connectivity index (χ3n) is 5.77. The van der Waals surface area contributed by atoms with Gasteiger partial charge < -0.3 is 15.6 Å². The molecule has 5 aromatic rings. The van der Waals surface area contributed by atoms with E-state index in [1.807, 2.05) is 75.8 Å². The van der Waals surface area contributed by atoms with Crippen molar-refractivity contribution in [1.29, 1.82) is 0 Å². The Labute approximate surface area is 211 Å². The number of nitrogens with one attached hydrogen (secondary N) is 3. The van der Waals surface area contributed by atoms with E-state index in [2.05, 4.69) is 40.7 Å². The van der Waals surface area contributed by atoms with E-state index in [0.29, 0.717) is 28.0 Å². The van der Waals surface area contributed by atoms with Crippen LogP contribution in [-0.2, 0) is 17.8 Å². The highest BCUT2D eigenvalue weighted by atomic mass is 32.2. The first-order valence-corrected chi connectivity index (χ1v) is 12.9. The molecule has 1 unspecified atom stereocenters. The highest BCUT2D eigenvalue weighted by Gasteiger charge is 2.16. The molecule has 11 heteroatoms. The van der Waals surface area contributed by atoms with Gasteiger partial charge in [0.15, 0.2) is 5.65 Å². The lowest BCUT2D eigenvalue weighted by Gasteiger charge is -2.14. The molecule has 0 aliphatic heterocycles. The van der Waals surface area contributed by atoms with E-state index in [4.69, 9.17) is 0 Å². The molecule has 0 saturated carbocycles. The summed E-state index contributed by atoms with van der Waals surface area (Å²) in [6, 6.07) is 11.6. The molecule has 1 atom stereocenters. The van der Waals surface area contributed by atoms with E-state index < -0.39 is 10.8 Å². The second-order valence-corrected chi connectivity index (χ2v) is 10.1. The second-order valence-electron chi connectivity index (χ2n) is 8.73. The predicted octanol–water partition coefficient (Wildman–Crippen LogP) is 4.61. The average molecular weight is 502 g/mol. The number of fused-ring (bicyclic) bond motifs is 1. The molecule has 184 valence electrons. The van der Waals surface area contributed by atoms with Crippen molar-refractivity contribution >= 4 is 45.0 Å². The number of H-pyrrole nitrogens is 1. The Morgan fingerprint density at radius 1 is 0.889 bits per heavy atom. The van der Waals surface area contributed by atoms with Crippen molar-refractivity contribution in [3.8, 4) is 11.3 Å². The molecule has 0 saturated heterocycles. The summed E-state index contributed by atoms with van der Waals surface area (Å²) in [5.74, 6) is 2.64. The molecule has 3 N–H and O–H groups in total. The standard InChI is InChI=1S/C25H27N9OS/c1-13-9-22(27-15(3)26-13)31-23-12-20(24-25(32-23)29-16(4)28-24)30-18-8-7-17(11-21(18)36(6)35)19-10-14(2)34(5)33-19/h7-12H,1-6H3,(H3,26,27,28,29,30,31,32). The first kappa shape index (κ1) is 23.6. The van der Waals surface area contributed by atoms with E-state index in [9.17, 15) is 4.21 Å². The number of aryl methyl sites for hydroxylation is 5. The van der Waals surface area contributed by atoms with Crippen LogP contribution in [0.1, 0.15) is 23.0 Å². The number of pyridine rings is 1. The van der Waals surface area contributed by atoms with Gasteiger partial charge in [-0.15, -0.1) is 0 Å². The Hall–Kier alpha value is -4.12. The molecule has 0 fully saturated rings. The van der Waals surface area contributed by atoms with Gasteiger partial charge in [0.25, 0.3) is 0 Å². The smallest absolute Gasteiger partial charge is 0.181 e. The number of imidazole rings is 1. The Morgan fingerprint density at radius 3 is 2.36 bits per heavy atom. The monoisotopic (exact) mass is 501 g/mol. The van der Waals surface area contributed by atoms with Gasteiger partial charge in [-0.3, -0.25) is 8.89 Å². The van der Waals surface area contributed by atoms with Crippen LogP contribution in [0, 0.1) is 27.7 Å². The van der Waals surface area contributed by atoms with Crippen molar-refractivity contribution in [3.63, 3.8) is 0 Å². The molecule has 0 aliphatic carbocycles. The summed E-state index contributed by atoms with van der Waals surface area (Å²) in [5, 5.41) is 11.3. The summed E-state index contributed by atoms with van der Waals surface area (Å²) in [5.41, 5.74) is 6.44. The topological polar surface area (TPSA) is 126 Å². The number of anilines is 4. The van der Waals surface area contributed by atoms with Gasteiger partial charge in [-0.25, -0.2) is 19.9 Å². The van der Waals surface area contributed by atoms with E-state index in [1.165, 1.54) is 0 Å². The molecule has 4 aromatic heterocycles. The number of rotatable bonds is 6. The zero-order valence-electron chi connectivity index (χ0n) is 21.0. The number of aromatic amines is 1. The number of aromatic nitrogens is 7. The molecular formula is C25H27N9OS. The minimum absolute atomic E-state index is 0.558. The highest BCUT2D eigenvalue weighted by molar-refractivity contribution is 7.84. The first-order chi connectivity index (χ1) is 17.2. The average Bonchev–Trinajstić information content (AvgIpc) is 3.34. The Kier molecular flexibility index (Phi) is 6.00. The van der Waals surface area contributed by atoms with Gasteiger partial charge in [0.1, 0.15) is 28.8 Å². The molecule has 36 heavy (non-hydrogen) atoms. The van der Waals surface area contributed by atoms with Crippen LogP contribution in [-0.4, -0.2) is 45.2 Å². The Morgan fingerprint density at radius 2 is 1.67 bits per heavy atom. The summed E-state index contributed by atoms with van der Waals surface area (Å²) < 4.78 is 14.6. The largest absolute Gasteiger partial charge is 0.353 e. The van der Waals surface area contributed by atoms with Crippen LogP contribution in [0.25, 0.3) is 22.4 Å². The van der Waals surface area contributed by atoms with Gasteiger partial charge in [0.2, 0.25) is 0 Å². The quantitative estimate of drug-likeness (QED) is 0.308. The van der Waals surface area contributed by atoms with Gasteiger partial charge in [-0.05, 0) is 45.9 Å². The van der Waals surface area contributed by atoms with Gasteiger partial charge in [0, 0.05) is 42.4 Å². The molecule has 5 rings (SSSR count). The van der Waals surface area contributed by atoms with Crippen LogP contribution in [0.15, 0.2) is 41.3 Å². The fourth-order valence-corrected chi connectivity index (χ4v) is 4.77. The summed E-state index contributed by atoms with van der Waals surface area (Å²) in [6.45, 7) is 7.65. The molecule has 4 heterocycles. The summed E-state index contributed by atoms with van der Waals surface area (Å²) >= 11 is 0. The van der Waals surface area contributed by atoms with Crippen molar-refractivity contribution in [2.45, 2.75) is 32.6 Å². The van der Waals surface area contributed by atoms with Crippen LogP contribution in [0.5, 0.6) is 0 Å². The summed E-state index contributed by atoms with van der Waals surface area (Å²) in [6.07, 6.45) is 1.67. The predicted molar refractivity (Wildman–Crippen MR) is 142 cm³/mol. The van der Waals surface area contributed by atoms with Gasteiger partial charge >= 0.3 is 0 Å². The molecular weight excluding hydrogens is 474 g/mol. The second kappa shape index (κ2) is 9.15. The Bertz CT molecular complexity index is 1600. The summed E-state index contributed by atoms with van der Waals surface area (Å²) in [4.78, 5) is 21.9. The van der Waals surface area contributed by atoms with Crippen molar-refractivity contribution in [2.24, 2.45) is 7.05 Å². The van der Waals surface area contributed by atoms with E-state index >= 15 is 0 Å². The number of benzene rings is 1. The minimum Gasteiger partial charge on any atom is -0.353 e. The van der Waals surface area contributed by atoms with E-state index in [0.717, 1.165) is 45.4 Å². The Balaban J connectivity index is 1.55. The fourth-order valence-electron chi connectivity index (χ4n) is 4.05. The molecule has 0 bridgehead atoms. The maximum Gasteiger partial charge on any atom is 0.181 e. The van der Waals surface area contributed by atoms with Crippen molar-refractivity contribution in [3.05, 3.63) is 59.4 Å². The zero-order chi connectivity index (χ0) is 25.6. The van der Waals surface area contributed by atoms with Crippen LogP contribution in [0.2, 0.25) is 0 Å². The highest BCUT2D eigenvalue weighted by Crippen LogP contribution is 2.33. The number of hydrogen-bond donors (Lipinski definition) is 3. The SMILES string of the molecule is Cc1cc(Nc2cc(Nc3ccc(-c4cc(C)n(C)n4)cc3S(C)=O)c3[nH]c(C)nc3n2)nc(C)n1. The van der Waals surface area contributed by atoms with Gasteiger partial charge in [0.05, 0.1) is 32.8 Å². The number of hydrogen-bond acceptors (Lipinski definition) is 8. The van der Waals surface area contributed by atoms with Crippen molar-refractivity contribution < 1.29 is 4.21 Å². The molecule has 10 nitrogen and oxygen atoms in total. The zero-order valence-corrected chi connectivity index (χ0v) is 21.8. The number of nitrogens with zero attached hydrogens (tertiary/aromatic N) is 6. The lowest BCUT2D eigenvalue weighted by molar-refractivity contribution is 0.687. The summed E-state index contributed by atoms with van der Waals surface area (Å²) in [7, 11) is 0.669. The minimum atomic E-state index is -1.24. The fraction of sp³-hybridized carbons (Fsp3) is 0.240. The van der Waals surface area contributed by atoms with Crippen LogP contribution in [0.3, 0.4) is 0 Å². The molecule has 0 spiro atoms. The maximum absolute atomic E-state index is 12.7. The molecule has 1 aromatic carbocycles. The van der Waals surface area contributed by atoms with Crippen LogP contribution in [0.4, 0.5) is 23.0 Å². The van der Waals surface area contributed by atoms with Crippen LogP contribution < -0.4 is 10.6 Å². The normalized spacial score (nSPS) is 12.2. The van der Waals surface area contributed by atoms with Crippen molar-refractivity contribution in [1.82, 2.24) is 34.7 Å².